The van der Waals surface area contributed by atoms with Crippen LogP contribution in [0.2, 0.25) is 0 Å². The zero-order chi connectivity index (χ0) is 7.82. The molecule has 0 amide bonds. The van der Waals surface area contributed by atoms with Crippen LogP contribution in [-0.4, -0.2) is 25.0 Å². The van der Waals surface area contributed by atoms with E-state index in [9.17, 15) is 0 Å². The smallest absolute Gasteiger partial charge is 0.115 e. The highest BCUT2D eigenvalue weighted by molar-refractivity contribution is 7.78. The molecule has 4 nitrogen and oxygen atoms in total. The zero-order valence-corrected chi connectivity index (χ0v) is 6.25. The Morgan fingerprint density at radius 1 is 1.40 bits per heavy atom. The third-order valence-corrected chi connectivity index (χ3v) is 0.478. The summed E-state index contributed by atoms with van der Waals surface area (Å²) in [5.41, 5.74) is 0. The number of rotatable bonds is 0. The van der Waals surface area contributed by atoms with Crippen molar-refractivity contribution in [1.29, 1.82) is 0 Å². The number of nitrogens with zero attached hydrogens (tertiary/aromatic N) is 2. The summed E-state index contributed by atoms with van der Waals surface area (Å²) in [6.07, 6.45) is 5.96. The van der Waals surface area contributed by atoms with Crippen molar-refractivity contribution in [2.75, 3.05) is 6.26 Å². The molecule has 0 aromatic carbocycles. The van der Waals surface area contributed by atoms with Crippen LogP contribution < -0.4 is 0 Å². The van der Waals surface area contributed by atoms with E-state index in [-0.39, 0.29) is 0 Å². The number of hydrogen-bond acceptors (Lipinski definition) is 4. The maximum absolute atomic E-state index is 9.00. The summed E-state index contributed by atoms with van der Waals surface area (Å²) in [6, 6.07) is 1.78. The minimum absolute atomic E-state index is 1.08. The molecule has 0 aliphatic rings. The predicted molar refractivity (Wildman–Crippen MR) is 36.9 cm³/mol. The van der Waals surface area contributed by atoms with E-state index >= 15 is 0 Å². The molecule has 1 atom stereocenters. The van der Waals surface area contributed by atoms with Crippen molar-refractivity contribution in [3.05, 3.63) is 24.8 Å². The molecule has 0 spiro atoms. The van der Waals surface area contributed by atoms with E-state index in [2.05, 4.69) is 9.97 Å². The van der Waals surface area contributed by atoms with Crippen LogP contribution in [0.5, 0.6) is 0 Å². The Hall–Kier alpha value is -0.810. The molecule has 1 heterocycles. The molecule has 0 N–H and O–H groups in total. The SMILES string of the molecule is CS(=O)[O-].c1cncnc1. The van der Waals surface area contributed by atoms with Gasteiger partial charge in [-0.05, 0) is 12.3 Å². The average molecular weight is 159 g/mol. The monoisotopic (exact) mass is 159 g/mol. The van der Waals surface area contributed by atoms with E-state index in [1.54, 1.807) is 18.5 Å². The van der Waals surface area contributed by atoms with Gasteiger partial charge in [-0.15, -0.1) is 0 Å². The van der Waals surface area contributed by atoms with Crippen molar-refractivity contribution in [2.24, 2.45) is 0 Å². The fraction of sp³-hybridized carbons (Fsp3) is 0.200. The van der Waals surface area contributed by atoms with Gasteiger partial charge in [0.25, 0.3) is 0 Å². The quantitative estimate of drug-likeness (QED) is 0.499. The molecule has 1 aromatic rings. The van der Waals surface area contributed by atoms with Crippen LogP contribution in [0.1, 0.15) is 0 Å². The molecule has 0 bridgehead atoms. The van der Waals surface area contributed by atoms with Crippen LogP contribution in [-0.2, 0) is 11.1 Å². The van der Waals surface area contributed by atoms with E-state index in [0.717, 1.165) is 6.26 Å². The van der Waals surface area contributed by atoms with Gasteiger partial charge in [0.05, 0.1) is 0 Å². The van der Waals surface area contributed by atoms with Crippen LogP contribution >= 0.6 is 0 Å². The van der Waals surface area contributed by atoms with Gasteiger partial charge >= 0.3 is 0 Å². The van der Waals surface area contributed by atoms with Crippen molar-refractivity contribution in [2.45, 2.75) is 0 Å². The molecule has 1 aromatic heterocycles. The fourth-order valence-electron chi connectivity index (χ4n) is 0.253. The van der Waals surface area contributed by atoms with E-state index in [0.29, 0.717) is 0 Å². The average Bonchev–Trinajstić information content (AvgIpc) is 1.90. The van der Waals surface area contributed by atoms with Crippen molar-refractivity contribution in [3.63, 3.8) is 0 Å². The Bertz CT molecular complexity index is 150. The first-order chi connectivity index (χ1) is 4.73. The molecule has 0 aliphatic carbocycles. The van der Waals surface area contributed by atoms with Crippen LogP contribution in [0, 0.1) is 0 Å². The van der Waals surface area contributed by atoms with Gasteiger partial charge in [-0.2, -0.15) is 0 Å². The van der Waals surface area contributed by atoms with Crippen LogP contribution in [0.3, 0.4) is 0 Å². The van der Waals surface area contributed by atoms with Gasteiger partial charge in [-0.1, -0.05) is 11.1 Å². The van der Waals surface area contributed by atoms with Gasteiger partial charge in [0, 0.05) is 12.4 Å². The fourth-order valence-corrected chi connectivity index (χ4v) is 0.253. The Labute approximate surface area is 61.6 Å². The van der Waals surface area contributed by atoms with E-state index in [4.69, 9.17) is 8.76 Å². The van der Waals surface area contributed by atoms with Crippen LogP contribution in [0.25, 0.3) is 0 Å². The highest BCUT2D eigenvalue weighted by Crippen LogP contribution is 1.66. The van der Waals surface area contributed by atoms with E-state index in [1.807, 2.05) is 0 Å². The molecule has 0 aliphatic heterocycles. The highest BCUT2D eigenvalue weighted by atomic mass is 32.2. The molecule has 0 saturated heterocycles. The molecular weight excluding hydrogens is 152 g/mol. The molecule has 1 unspecified atom stereocenters. The lowest BCUT2D eigenvalue weighted by Gasteiger charge is -1.85. The summed E-state index contributed by atoms with van der Waals surface area (Å²) in [7, 11) is 0. The van der Waals surface area contributed by atoms with Gasteiger partial charge in [0.1, 0.15) is 6.33 Å². The molecule has 0 saturated carbocycles. The lowest BCUT2D eigenvalue weighted by Crippen LogP contribution is -1.73. The topological polar surface area (TPSA) is 65.9 Å². The summed E-state index contributed by atoms with van der Waals surface area (Å²) in [5, 5.41) is 0. The Morgan fingerprint density at radius 2 is 1.80 bits per heavy atom. The Morgan fingerprint density at radius 3 is 1.90 bits per heavy atom. The molecular formula is C5H7N2O2S-. The molecule has 0 radical (unpaired) electrons. The highest BCUT2D eigenvalue weighted by Gasteiger charge is 1.59. The molecule has 10 heavy (non-hydrogen) atoms. The zero-order valence-electron chi connectivity index (χ0n) is 5.43. The van der Waals surface area contributed by atoms with Gasteiger partial charge in [0.15, 0.2) is 0 Å². The maximum atomic E-state index is 9.00. The van der Waals surface area contributed by atoms with Crippen LogP contribution in [0.15, 0.2) is 24.8 Å². The first-order valence-electron chi connectivity index (χ1n) is 2.44. The van der Waals surface area contributed by atoms with Gasteiger partial charge in [-0.3, -0.25) is 4.21 Å². The van der Waals surface area contributed by atoms with Gasteiger partial charge < -0.3 is 4.55 Å². The van der Waals surface area contributed by atoms with Gasteiger partial charge in [0.2, 0.25) is 0 Å². The lowest BCUT2D eigenvalue weighted by atomic mass is 10.7. The van der Waals surface area contributed by atoms with Gasteiger partial charge in [-0.25, -0.2) is 9.97 Å². The van der Waals surface area contributed by atoms with Crippen LogP contribution in [0.4, 0.5) is 0 Å². The molecule has 56 valence electrons. The lowest BCUT2D eigenvalue weighted by molar-refractivity contribution is 0.543. The second-order valence-electron chi connectivity index (χ2n) is 1.31. The largest absolute Gasteiger partial charge is 0.773 e. The standard InChI is InChI=1S/C4H4N2.CH4O2S/c1-2-5-4-6-3-1;1-4(2)3/h1-4H;1H3,(H,2,3)/p-1. The maximum Gasteiger partial charge on any atom is 0.115 e. The Balaban J connectivity index is 0.000000180. The Kier molecular flexibility index (Phi) is 5.80. The van der Waals surface area contributed by atoms with Crippen molar-refractivity contribution in [1.82, 2.24) is 9.97 Å². The second kappa shape index (κ2) is 6.31. The summed E-state index contributed by atoms with van der Waals surface area (Å²) < 4.78 is 18.0. The minimum atomic E-state index is -1.86. The number of hydrogen-bond donors (Lipinski definition) is 0. The molecule has 1 rings (SSSR count). The summed E-state index contributed by atoms with van der Waals surface area (Å²) in [5.74, 6) is 0. The molecule has 5 heteroatoms. The first kappa shape index (κ1) is 9.19. The van der Waals surface area contributed by atoms with Crippen molar-refractivity contribution in [3.8, 4) is 0 Å². The van der Waals surface area contributed by atoms with E-state index < -0.39 is 11.1 Å². The minimum Gasteiger partial charge on any atom is -0.773 e. The predicted octanol–water partition coefficient (Wildman–Crippen LogP) is -0.0281. The summed E-state index contributed by atoms with van der Waals surface area (Å²) in [4.78, 5) is 7.35. The summed E-state index contributed by atoms with van der Waals surface area (Å²) >= 11 is -1.86. The third-order valence-electron chi connectivity index (χ3n) is 0.478. The third kappa shape index (κ3) is 10.2. The first-order valence-corrected chi connectivity index (χ1v) is 3.92. The van der Waals surface area contributed by atoms with Crippen molar-refractivity contribution < 1.29 is 8.76 Å². The van der Waals surface area contributed by atoms with Crippen molar-refractivity contribution >= 4 is 11.1 Å². The second-order valence-corrected chi connectivity index (χ2v) is 2.11. The summed E-state index contributed by atoms with van der Waals surface area (Å²) in [6.45, 7) is 0. The molecule has 0 fully saturated rings. The number of aromatic nitrogens is 2. The van der Waals surface area contributed by atoms with E-state index in [1.165, 1.54) is 6.33 Å². The normalized spacial score (nSPS) is 11.0.